The average molecular weight is 915 g/mol. The summed E-state index contributed by atoms with van der Waals surface area (Å²) in [4.78, 5) is 5.79. The second kappa shape index (κ2) is 17.9. The Bertz CT molecular complexity index is 3670. The molecule has 0 fully saturated rings. The second-order valence-corrected chi connectivity index (χ2v) is 19.2. The van der Waals surface area contributed by atoms with Crippen LogP contribution >= 0.6 is 12.6 Å². The number of para-hydroxylation sites is 1. The summed E-state index contributed by atoms with van der Waals surface area (Å²) in [7, 11) is 0. The van der Waals surface area contributed by atoms with Crippen molar-refractivity contribution in [1.29, 1.82) is 0 Å². The van der Waals surface area contributed by atoms with Gasteiger partial charge in [0, 0.05) is 44.1 Å². The minimum Gasteiger partial charge on any atom is -0.310 e. The lowest BCUT2D eigenvalue weighted by Gasteiger charge is -2.30. The van der Waals surface area contributed by atoms with Crippen LogP contribution in [0.2, 0.25) is 0 Å². The van der Waals surface area contributed by atoms with Crippen LogP contribution in [0.1, 0.15) is 25.0 Å². The van der Waals surface area contributed by atoms with Crippen LogP contribution in [0.5, 0.6) is 0 Å². The molecule has 0 atom stereocenters. The molecule has 0 unspecified atom stereocenters. The predicted octanol–water partition coefficient (Wildman–Crippen LogP) is 19.0. The quantitative estimate of drug-likeness (QED) is 0.137. The summed E-state index contributed by atoms with van der Waals surface area (Å²) in [5.41, 5.74) is 21.1. The molecular formula is C67H50N2S. The Labute approximate surface area is 416 Å². The van der Waals surface area contributed by atoms with E-state index in [0.29, 0.717) is 0 Å². The topological polar surface area (TPSA) is 6.48 Å². The maximum Gasteiger partial charge on any atom is 0.0540 e. The molecule has 334 valence electrons. The lowest BCUT2D eigenvalue weighted by atomic mass is 9.82. The van der Waals surface area contributed by atoms with Crippen LogP contribution in [0.15, 0.2) is 266 Å². The van der Waals surface area contributed by atoms with Gasteiger partial charge < -0.3 is 9.80 Å². The van der Waals surface area contributed by atoms with Crippen molar-refractivity contribution in [3.8, 4) is 55.6 Å². The van der Waals surface area contributed by atoms with Crippen molar-refractivity contribution >= 4 is 57.5 Å². The van der Waals surface area contributed by atoms with E-state index in [1.54, 1.807) is 0 Å². The number of nitrogens with zero attached hydrogens (tertiary/aromatic N) is 2. The predicted molar refractivity (Wildman–Crippen MR) is 300 cm³/mol. The van der Waals surface area contributed by atoms with Crippen LogP contribution in [0.25, 0.3) is 66.4 Å². The zero-order valence-electron chi connectivity index (χ0n) is 39.2. The lowest BCUT2D eigenvalue weighted by molar-refractivity contribution is 0.660. The van der Waals surface area contributed by atoms with Crippen LogP contribution in [-0.2, 0) is 5.41 Å². The first-order valence-corrected chi connectivity index (χ1v) is 24.5. The Balaban J connectivity index is 0.897. The minimum atomic E-state index is -0.278. The molecule has 0 bridgehead atoms. The molecule has 0 heterocycles. The Hall–Kier alpha value is -8.37. The first kappa shape index (κ1) is 42.9. The van der Waals surface area contributed by atoms with E-state index in [0.717, 1.165) is 55.7 Å². The van der Waals surface area contributed by atoms with E-state index >= 15 is 0 Å². The first-order chi connectivity index (χ1) is 34.4. The molecule has 1 aliphatic rings. The van der Waals surface area contributed by atoms with Crippen molar-refractivity contribution < 1.29 is 0 Å². The fourth-order valence-electron chi connectivity index (χ4n) is 10.5. The number of fused-ring (bicyclic) bond motifs is 4. The van der Waals surface area contributed by atoms with Crippen LogP contribution in [0.3, 0.4) is 0 Å². The molecule has 3 heteroatoms. The van der Waals surface area contributed by atoms with E-state index < -0.39 is 0 Å². The lowest BCUT2D eigenvalue weighted by Crippen LogP contribution is -2.17. The molecule has 0 N–H and O–H groups in total. The minimum absolute atomic E-state index is 0.278. The standard InChI is InChI=1S/C67H50N2S/c1-67(2)63-44-57(68(54-21-7-4-8-22-54)55-35-31-49(32-36-55)48-29-27-47(28-30-48)46-15-5-3-6-16-46)39-41-61(63)62-42-40-58(45-64(62)67)69(65-25-14-18-51-17-9-10-23-59(51)65)56-37-33-50(34-38-56)52-19-13-20-53(43-52)60-24-11-12-26-66(60)70/h3-45,70H,1-2H3. The fourth-order valence-corrected chi connectivity index (χ4v) is 10.8. The van der Waals surface area contributed by atoms with E-state index in [2.05, 4.69) is 272 Å². The Morgan fingerprint density at radius 1 is 0.300 bits per heavy atom. The van der Waals surface area contributed by atoms with Gasteiger partial charge in [-0.15, -0.1) is 12.6 Å². The van der Waals surface area contributed by atoms with Gasteiger partial charge in [-0.1, -0.05) is 196 Å². The number of thiol groups is 1. The highest BCUT2D eigenvalue weighted by Gasteiger charge is 2.37. The van der Waals surface area contributed by atoms with Crippen LogP contribution in [0.4, 0.5) is 34.1 Å². The highest BCUT2D eigenvalue weighted by molar-refractivity contribution is 7.80. The fraction of sp³-hybridized carbons (Fsp3) is 0.0448. The molecule has 11 aromatic rings. The van der Waals surface area contributed by atoms with Crippen LogP contribution < -0.4 is 9.80 Å². The molecule has 70 heavy (non-hydrogen) atoms. The first-order valence-electron chi connectivity index (χ1n) is 24.0. The zero-order chi connectivity index (χ0) is 47.2. The van der Waals surface area contributed by atoms with Gasteiger partial charge in [-0.3, -0.25) is 0 Å². The van der Waals surface area contributed by atoms with Gasteiger partial charge in [-0.05, 0) is 151 Å². The summed E-state index contributed by atoms with van der Waals surface area (Å²) < 4.78 is 0. The molecule has 0 amide bonds. The maximum absolute atomic E-state index is 4.77. The molecule has 0 spiro atoms. The molecule has 11 aromatic carbocycles. The number of rotatable bonds is 10. The monoisotopic (exact) mass is 914 g/mol. The third kappa shape index (κ3) is 7.85. The van der Waals surface area contributed by atoms with Crippen molar-refractivity contribution in [2.24, 2.45) is 0 Å². The maximum atomic E-state index is 4.77. The van der Waals surface area contributed by atoms with Gasteiger partial charge in [-0.2, -0.15) is 0 Å². The SMILES string of the molecule is CC1(C)c2cc(N(c3ccccc3)c3ccc(-c4ccc(-c5ccccc5)cc4)cc3)ccc2-c2ccc(N(c3ccc(-c4cccc(-c5ccccc5S)c4)cc3)c3cccc4ccccc34)cc21. The Kier molecular flexibility index (Phi) is 11.0. The van der Waals surface area contributed by atoms with Gasteiger partial charge in [-0.25, -0.2) is 0 Å². The second-order valence-electron chi connectivity index (χ2n) is 18.7. The van der Waals surface area contributed by atoms with Gasteiger partial charge in [0.2, 0.25) is 0 Å². The van der Waals surface area contributed by atoms with Gasteiger partial charge >= 0.3 is 0 Å². The third-order valence-corrected chi connectivity index (χ3v) is 14.6. The molecule has 0 radical (unpaired) electrons. The average Bonchev–Trinajstić information content (AvgIpc) is 3.64. The van der Waals surface area contributed by atoms with Crippen molar-refractivity contribution in [3.05, 3.63) is 272 Å². The Morgan fingerprint density at radius 2 is 0.729 bits per heavy atom. The highest BCUT2D eigenvalue weighted by Crippen LogP contribution is 2.53. The third-order valence-electron chi connectivity index (χ3n) is 14.2. The van der Waals surface area contributed by atoms with E-state index in [1.807, 2.05) is 12.1 Å². The van der Waals surface area contributed by atoms with Crippen LogP contribution in [0, 0.1) is 0 Å². The molecule has 0 aromatic heterocycles. The van der Waals surface area contributed by atoms with Crippen LogP contribution in [-0.4, -0.2) is 0 Å². The summed E-state index contributed by atoms with van der Waals surface area (Å²) in [5.74, 6) is 0. The molecular weight excluding hydrogens is 865 g/mol. The Morgan fingerprint density at radius 3 is 1.37 bits per heavy atom. The van der Waals surface area contributed by atoms with Gasteiger partial charge in [0.1, 0.15) is 0 Å². The van der Waals surface area contributed by atoms with Gasteiger partial charge in [0.15, 0.2) is 0 Å². The summed E-state index contributed by atoms with van der Waals surface area (Å²) >= 11 is 4.77. The van der Waals surface area contributed by atoms with E-state index in [9.17, 15) is 0 Å². The zero-order valence-corrected chi connectivity index (χ0v) is 40.1. The van der Waals surface area contributed by atoms with Crippen molar-refractivity contribution in [2.45, 2.75) is 24.2 Å². The molecule has 0 saturated carbocycles. The van der Waals surface area contributed by atoms with E-state index in [4.69, 9.17) is 12.6 Å². The number of hydrogen-bond donors (Lipinski definition) is 1. The molecule has 2 nitrogen and oxygen atoms in total. The van der Waals surface area contributed by atoms with Crippen molar-refractivity contribution in [1.82, 2.24) is 0 Å². The number of benzene rings is 11. The smallest absolute Gasteiger partial charge is 0.0540 e. The molecule has 12 rings (SSSR count). The van der Waals surface area contributed by atoms with Gasteiger partial charge in [0.25, 0.3) is 0 Å². The number of hydrogen-bond acceptors (Lipinski definition) is 3. The van der Waals surface area contributed by atoms with Crippen molar-refractivity contribution in [2.75, 3.05) is 9.80 Å². The van der Waals surface area contributed by atoms with Crippen molar-refractivity contribution in [3.63, 3.8) is 0 Å². The van der Waals surface area contributed by atoms with E-state index in [1.165, 1.54) is 60.8 Å². The highest BCUT2D eigenvalue weighted by atomic mass is 32.1. The summed E-state index contributed by atoms with van der Waals surface area (Å²) in [6, 6.07) is 94.7. The molecule has 0 aliphatic heterocycles. The largest absolute Gasteiger partial charge is 0.310 e. The summed E-state index contributed by atoms with van der Waals surface area (Å²) in [5, 5.41) is 2.41. The normalized spacial score (nSPS) is 12.3. The molecule has 1 aliphatic carbocycles. The number of anilines is 6. The van der Waals surface area contributed by atoms with Gasteiger partial charge in [0.05, 0.1) is 5.69 Å². The molecule has 0 saturated heterocycles. The summed E-state index contributed by atoms with van der Waals surface area (Å²) in [6.07, 6.45) is 0. The summed E-state index contributed by atoms with van der Waals surface area (Å²) in [6.45, 7) is 4.76. The van der Waals surface area contributed by atoms with E-state index in [-0.39, 0.29) is 5.41 Å².